The van der Waals surface area contributed by atoms with Crippen LogP contribution in [0.25, 0.3) is 0 Å². The first-order valence-corrected chi connectivity index (χ1v) is 10.9. The van der Waals surface area contributed by atoms with Gasteiger partial charge < -0.3 is 16.0 Å². The van der Waals surface area contributed by atoms with Crippen molar-refractivity contribution in [1.29, 1.82) is 0 Å². The highest BCUT2D eigenvalue weighted by Crippen LogP contribution is 2.26. The van der Waals surface area contributed by atoms with Gasteiger partial charge in [0.05, 0.1) is 6.42 Å². The maximum absolute atomic E-state index is 12.8. The van der Waals surface area contributed by atoms with E-state index in [2.05, 4.69) is 16.0 Å². The molecular weight excluding hydrogens is 346 g/mol. The van der Waals surface area contributed by atoms with Gasteiger partial charge in [0.15, 0.2) is 0 Å². The van der Waals surface area contributed by atoms with E-state index in [1.54, 1.807) is 11.8 Å². The molecule has 0 saturated carbocycles. The summed E-state index contributed by atoms with van der Waals surface area (Å²) in [5, 5.41) is 9.73. The molecule has 2 aliphatic heterocycles. The predicted octanol–water partition coefficient (Wildman–Crippen LogP) is 1.87. The molecular formula is C20H29N3O2S. The second kappa shape index (κ2) is 9.42. The number of carbonyl (C=O) groups is 2. The Morgan fingerprint density at radius 3 is 2.54 bits per heavy atom. The number of benzene rings is 1. The van der Waals surface area contributed by atoms with Crippen molar-refractivity contribution in [2.24, 2.45) is 0 Å². The quantitative estimate of drug-likeness (QED) is 0.649. The van der Waals surface area contributed by atoms with E-state index < -0.39 is 6.04 Å². The van der Waals surface area contributed by atoms with Crippen LogP contribution >= 0.6 is 11.8 Å². The molecule has 2 bridgehead atoms. The summed E-state index contributed by atoms with van der Waals surface area (Å²) in [6.07, 6.45) is 7.39. The smallest absolute Gasteiger partial charge is 0.242 e. The Kier molecular flexibility index (Phi) is 6.97. The molecule has 2 heterocycles. The minimum absolute atomic E-state index is 0.0354. The fourth-order valence-corrected chi connectivity index (χ4v) is 4.48. The minimum atomic E-state index is -0.453. The van der Waals surface area contributed by atoms with Crippen molar-refractivity contribution >= 4 is 23.6 Å². The second-order valence-corrected chi connectivity index (χ2v) is 8.36. The van der Waals surface area contributed by atoms with Gasteiger partial charge in [0.25, 0.3) is 0 Å². The van der Waals surface area contributed by atoms with Gasteiger partial charge in [-0.25, -0.2) is 0 Å². The minimum Gasteiger partial charge on any atom is -0.351 e. The third kappa shape index (κ3) is 5.48. The second-order valence-electron chi connectivity index (χ2n) is 7.38. The Bertz CT molecular complexity index is 598. The normalized spacial score (nSPS) is 25.5. The van der Waals surface area contributed by atoms with Crippen LogP contribution in [0.15, 0.2) is 30.3 Å². The molecule has 2 fully saturated rings. The number of nitrogens with one attached hydrogen (secondary N) is 3. The van der Waals surface area contributed by atoms with Crippen molar-refractivity contribution in [3.8, 4) is 0 Å². The zero-order valence-corrected chi connectivity index (χ0v) is 16.2. The van der Waals surface area contributed by atoms with Crippen LogP contribution in [0.5, 0.6) is 0 Å². The van der Waals surface area contributed by atoms with Gasteiger partial charge in [0.2, 0.25) is 11.8 Å². The van der Waals surface area contributed by atoms with Crippen molar-refractivity contribution in [1.82, 2.24) is 16.0 Å². The molecule has 0 aromatic heterocycles. The molecule has 142 valence electrons. The van der Waals surface area contributed by atoms with E-state index in [4.69, 9.17) is 0 Å². The van der Waals surface area contributed by atoms with Gasteiger partial charge in [-0.3, -0.25) is 9.59 Å². The first-order valence-electron chi connectivity index (χ1n) is 9.52. The molecule has 0 spiro atoms. The molecule has 0 radical (unpaired) electrons. The fraction of sp³-hybridized carbons (Fsp3) is 0.600. The van der Waals surface area contributed by atoms with E-state index in [1.807, 2.05) is 36.6 Å². The van der Waals surface area contributed by atoms with Crippen LogP contribution in [0.1, 0.15) is 37.7 Å². The monoisotopic (exact) mass is 375 g/mol. The van der Waals surface area contributed by atoms with E-state index in [1.165, 1.54) is 12.8 Å². The van der Waals surface area contributed by atoms with Gasteiger partial charge in [-0.1, -0.05) is 30.3 Å². The molecule has 2 aliphatic rings. The molecule has 0 aliphatic carbocycles. The van der Waals surface area contributed by atoms with Crippen molar-refractivity contribution < 1.29 is 9.59 Å². The van der Waals surface area contributed by atoms with Crippen molar-refractivity contribution in [3.05, 3.63) is 35.9 Å². The van der Waals surface area contributed by atoms with E-state index in [0.29, 0.717) is 24.9 Å². The molecule has 2 saturated heterocycles. The highest BCUT2D eigenvalue weighted by molar-refractivity contribution is 7.98. The SMILES string of the molecule is CSCCC(NC(=O)Cc1ccccc1)C(=O)NC1CC2CCC(C1)N2. The maximum Gasteiger partial charge on any atom is 0.242 e. The van der Waals surface area contributed by atoms with Crippen LogP contribution in [-0.4, -0.2) is 48.0 Å². The number of fused-ring (bicyclic) bond motifs is 2. The Morgan fingerprint density at radius 1 is 1.19 bits per heavy atom. The number of hydrogen-bond donors (Lipinski definition) is 3. The van der Waals surface area contributed by atoms with Crippen LogP contribution in [0.4, 0.5) is 0 Å². The lowest BCUT2D eigenvalue weighted by atomic mass is 9.99. The fourth-order valence-electron chi connectivity index (χ4n) is 4.01. The third-order valence-corrected chi connectivity index (χ3v) is 5.93. The third-order valence-electron chi connectivity index (χ3n) is 5.29. The van der Waals surface area contributed by atoms with Crippen molar-refractivity contribution in [3.63, 3.8) is 0 Å². The highest BCUT2D eigenvalue weighted by atomic mass is 32.2. The zero-order valence-electron chi connectivity index (χ0n) is 15.4. The standard InChI is InChI=1S/C20H29N3O2S/c1-26-10-9-18(23-19(24)11-14-5-3-2-4-6-14)20(25)22-17-12-15-7-8-16(13-17)21-15/h2-6,15-18,21H,7-13H2,1H3,(H,22,25)(H,23,24). The number of amides is 2. The lowest BCUT2D eigenvalue weighted by Crippen LogP contribution is -2.54. The number of piperidine rings is 1. The molecule has 3 rings (SSSR count). The molecule has 5 nitrogen and oxygen atoms in total. The summed E-state index contributed by atoms with van der Waals surface area (Å²) >= 11 is 1.69. The Morgan fingerprint density at radius 2 is 1.88 bits per heavy atom. The van der Waals surface area contributed by atoms with E-state index in [9.17, 15) is 9.59 Å². The number of rotatable bonds is 8. The van der Waals surface area contributed by atoms with Gasteiger partial charge >= 0.3 is 0 Å². The van der Waals surface area contributed by atoms with Crippen LogP contribution in [-0.2, 0) is 16.0 Å². The zero-order chi connectivity index (χ0) is 18.4. The number of hydrogen-bond acceptors (Lipinski definition) is 4. The summed E-state index contributed by atoms with van der Waals surface area (Å²) in [7, 11) is 0. The molecule has 2 amide bonds. The van der Waals surface area contributed by atoms with Crippen LogP contribution in [0, 0.1) is 0 Å². The molecule has 3 unspecified atom stereocenters. The van der Waals surface area contributed by atoms with Crippen molar-refractivity contribution in [2.45, 2.75) is 62.7 Å². The molecule has 3 N–H and O–H groups in total. The Balaban J connectivity index is 1.54. The molecule has 1 aromatic carbocycles. The number of carbonyl (C=O) groups excluding carboxylic acids is 2. The van der Waals surface area contributed by atoms with Crippen LogP contribution in [0.3, 0.4) is 0 Å². The summed E-state index contributed by atoms with van der Waals surface area (Å²) in [6.45, 7) is 0. The lowest BCUT2D eigenvalue weighted by Gasteiger charge is -2.31. The summed E-state index contributed by atoms with van der Waals surface area (Å²) < 4.78 is 0. The first-order chi connectivity index (χ1) is 12.6. The largest absolute Gasteiger partial charge is 0.351 e. The Hall–Kier alpha value is -1.53. The molecule has 3 atom stereocenters. The lowest BCUT2D eigenvalue weighted by molar-refractivity contribution is -0.129. The molecule has 1 aromatic rings. The van der Waals surface area contributed by atoms with E-state index in [0.717, 1.165) is 24.2 Å². The average Bonchev–Trinajstić information content (AvgIpc) is 2.97. The van der Waals surface area contributed by atoms with Crippen LogP contribution in [0.2, 0.25) is 0 Å². The molecule has 26 heavy (non-hydrogen) atoms. The summed E-state index contributed by atoms with van der Waals surface area (Å²) in [5.74, 6) is 0.718. The topological polar surface area (TPSA) is 70.2 Å². The first kappa shape index (κ1) is 19.2. The number of thioether (sulfide) groups is 1. The predicted molar refractivity (Wildman–Crippen MR) is 106 cm³/mol. The highest BCUT2D eigenvalue weighted by Gasteiger charge is 2.35. The Labute approximate surface area is 160 Å². The van der Waals surface area contributed by atoms with Crippen LogP contribution < -0.4 is 16.0 Å². The van der Waals surface area contributed by atoms with Gasteiger partial charge in [-0.05, 0) is 49.7 Å². The summed E-state index contributed by atoms with van der Waals surface area (Å²) in [5.41, 5.74) is 0.962. The van der Waals surface area contributed by atoms with E-state index in [-0.39, 0.29) is 17.9 Å². The molecule has 6 heteroatoms. The van der Waals surface area contributed by atoms with Gasteiger partial charge in [0.1, 0.15) is 6.04 Å². The van der Waals surface area contributed by atoms with Gasteiger partial charge in [-0.2, -0.15) is 11.8 Å². The maximum atomic E-state index is 12.8. The van der Waals surface area contributed by atoms with Gasteiger partial charge in [0, 0.05) is 18.1 Å². The van der Waals surface area contributed by atoms with Gasteiger partial charge in [-0.15, -0.1) is 0 Å². The summed E-state index contributed by atoms with van der Waals surface area (Å²) in [4.78, 5) is 25.2. The van der Waals surface area contributed by atoms with E-state index >= 15 is 0 Å². The van der Waals surface area contributed by atoms with Crippen molar-refractivity contribution in [2.75, 3.05) is 12.0 Å². The summed E-state index contributed by atoms with van der Waals surface area (Å²) in [6, 6.07) is 10.5. The average molecular weight is 376 g/mol.